The van der Waals surface area contributed by atoms with E-state index in [-0.39, 0.29) is 33.2 Å². The number of rotatable bonds is 2. The van der Waals surface area contributed by atoms with Crippen molar-refractivity contribution in [1.29, 1.82) is 0 Å². The molecule has 0 fully saturated rings. The summed E-state index contributed by atoms with van der Waals surface area (Å²) < 4.78 is 49.3. The Morgan fingerprint density at radius 1 is 0.674 bits per heavy atom. The lowest BCUT2D eigenvalue weighted by Gasteiger charge is -1.95. The highest BCUT2D eigenvalue weighted by Gasteiger charge is 2.14. The zero-order valence-electron chi connectivity index (χ0n) is 21.0. The third-order valence-corrected chi connectivity index (χ3v) is 4.97. The van der Waals surface area contributed by atoms with Crippen LogP contribution in [-0.4, -0.2) is 39.8 Å². The number of nitrogen functional groups attached to an aromatic ring is 3. The minimum Gasteiger partial charge on any atom is -0.396 e. The van der Waals surface area contributed by atoms with Gasteiger partial charge in [-0.3, -0.25) is 25.0 Å². The van der Waals surface area contributed by atoms with Crippen LogP contribution in [0, 0.1) is 43.5 Å². The Morgan fingerprint density at radius 3 is 1.65 bits per heavy atom. The molecule has 5 aromatic heterocycles. The predicted molar refractivity (Wildman–Crippen MR) is 147 cm³/mol. The van der Waals surface area contributed by atoms with Gasteiger partial charge in [0.25, 0.3) is 5.56 Å². The first kappa shape index (κ1) is 33.3. The van der Waals surface area contributed by atoms with Crippen LogP contribution in [0.15, 0.2) is 64.6 Å². The largest absolute Gasteiger partial charge is 0.396 e. The number of H-pyrrole nitrogens is 1. The number of halogens is 5. The van der Waals surface area contributed by atoms with Crippen molar-refractivity contribution in [2.45, 2.75) is 0 Å². The molecule has 0 unspecified atom stereocenters. The van der Waals surface area contributed by atoms with Crippen molar-refractivity contribution in [3.8, 4) is 0 Å². The fourth-order valence-corrected chi connectivity index (χ4v) is 2.86. The Labute approximate surface area is 244 Å². The molecule has 5 aromatic rings. The lowest BCUT2D eigenvalue weighted by Crippen LogP contribution is -2.05. The second kappa shape index (κ2) is 15.2. The van der Waals surface area contributed by atoms with Crippen LogP contribution in [-0.2, 0) is 0 Å². The summed E-state index contributed by atoms with van der Waals surface area (Å²) in [6.45, 7) is 0. The molecule has 16 nitrogen and oxygen atoms in total. The molecule has 0 aromatic carbocycles. The van der Waals surface area contributed by atoms with Crippen LogP contribution in [0.3, 0.4) is 0 Å². The van der Waals surface area contributed by atoms with Gasteiger partial charge in [0.15, 0.2) is 10.3 Å². The topological polar surface area (TPSA) is 262 Å². The molecule has 0 atom stereocenters. The van der Waals surface area contributed by atoms with Gasteiger partial charge in [-0.15, -0.1) is 0 Å². The van der Waals surface area contributed by atoms with Crippen LogP contribution in [0.2, 0.25) is 0 Å². The number of nitrogens with two attached hydrogens (primary N) is 3. The number of nitrogens with zero attached hydrogens (tertiary/aromatic N) is 7. The van der Waals surface area contributed by atoms with E-state index >= 15 is 0 Å². The average molecular weight is 670 g/mol. The molecule has 43 heavy (non-hydrogen) atoms. The zero-order chi connectivity index (χ0) is 32.3. The van der Waals surface area contributed by atoms with E-state index in [0.29, 0.717) is 11.2 Å². The molecule has 7 N–H and O–H groups in total. The Morgan fingerprint density at radius 2 is 1.14 bits per heavy atom. The van der Waals surface area contributed by atoms with Crippen molar-refractivity contribution in [3.63, 3.8) is 0 Å². The van der Waals surface area contributed by atoms with Crippen LogP contribution in [0.1, 0.15) is 0 Å². The molecule has 0 aliphatic carbocycles. The average Bonchev–Trinajstić information content (AvgIpc) is 2.94. The molecule has 0 aliphatic rings. The maximum absolute atomic E-state index is 12.6. The molecular formula is C22H16BrF4N11O5. The van der Waals surface area contributed by atoms with Crippen molar-refractivity contribution in [3.05, 3.63) is 114 Å². The van der Waals surface area contributed by atoms with E-state index < -0.39 is 38.8 Å². The molecule has 0 saturated heterocycles. The van der Waals surface area contributed by atoms with Gasteiger partial charge in [-0.05, 0) is 15.9 Å². The van der Waals surface area contributed by atoms with Gasteiger partial charge in [-0.2, -0.15) is 0 Å². The number of pyridine rings is 4. The fraction of sp³-hybridized carbons (Fsp3) is 0. The summed E-state index contributed by atoms with van der Waals surface area (Å²) in [4.78, 5) is 49.4. The maximum Gasteiger partial charge on any atom is 0.314 e. The normalized spacial score (nSPS) is 9.79. The van der Waals surface area contributed by atoms with E-state index in [0.717, 1.165) is 49.2 Å². The van der Waals surface area contributed by atoms with Crippen LogP contribution in [0.5, 0.6) is 0 Å². The highest BCUT2D eigenvalue weighted by molar-refractivity contribution is 9.10. The van der Waals surface area contributed by atoms with Crippen LogP contribution < -0.4 is 22.8 Å². The van der Waals surface area contributed by atoms with Gasteiger partial charge in [0.1, 0.15) is 29.1 Å². The summed E-state index contributed by atoms with van der Waals surface area (Å²) in [6.07, 6.45) is 4.89. The van der Waals surface area contributed by atoms with Crippen molar-refractivity contribution in [2.24, 2.45) is 0 Å². The lowest BCUT2D eigenvalue weighted by atomic mass is 10.4. The Bertz CT molecular complexity index is 1770. The maximum atomic E-state index is 12.6. The Kier molecular flexibility index (Phi) is 11.8. The first-order valence-corrected chi connectivity index (χ1v) is 11.6. The molecule has 21 heteroatoms. The smallest absolute Gasteiger partial charge is 0.314 e. The van der Waals surface area contributed by atoms with Crippen molar-refractivity contribution < 1.29 is 27.4 Å². The van der Waals surface area contributed by atoms with Crippen molar-refractivity contribution in [2.75, 3.05) is 17.2 Å². The van der Waals surface area contributed by atoms with Crippen molar-refractivity contribution >= 4 is 55.8 Å². The summed E-state index contributed by atoms with van der Waals surface area (Å²) in [5, 5.41) is 20.2. The number of aromatic nitrogens is 6. The summed E-state index contributed by atoms with van der Waals surface area (Å²) in [6, 6.07) is 3.83. The monoisotopic (exact) mass is 669 g/mol. The molecule has 0 amide bonds. The van der Waals surface area contributed by atoms with Gasteiger partial charge < -0.3 is 22.2 Å². The third-order valence-electron chi connectivity index (χ3n) is 4.36. The van der Waals surface area contributed by atoms with Crippen molar-refractivity contribution in [1.82, 2.24) is 29.9 Å². The minimum atomic E-state index is -0.786. The van der Waals surface area contributed by atoms with Crippen LogP contribution >= 0.6 is 15.9 Å². The van der Waals surface area contributed by atoms with E-state index in [2.05, 4.69) is 45.8 Å². The van der Waals surface area contributed by atoms with Crippen LogP contribution in [0.25, 0.3) is 11.2 Å². The quantitative estimate of drug-likeness (QED) is 0.0909. The Balaban J connectivity index is 0.000000201. The summed E-state index contributed by atoms with van der Waals surface area (Å²) in [5.41, 5.74) is 15.0. The molecule has 0 bridgehead atoms. The van der Waals surface area contributed by atoms with E-state index in [1.54, 1.807) is 0 Å². The van der Waals surface area contributed by atoms with E-state index in [1.165, 1.54) is 6.07 Å². The molecule has 5 heterocycles. The van der Waals surface area contributed by atoms with Crippen LogP contribution in [0.4, 0.5) is 46.3 Å². The summed E-state index contributed by atoms with van der Waals surface area (Å²) in [5.74, 6) is -2.58. The molecule has 0 spiro atoms. The SMILES string of the molecule is Nc1cc(F)cnc1N.Nc1ncc(F)cc1[N+](=O)[O-].O=[N+]([O-])c1cc(F)cnc1Br.O=c1cnc2ncc(F)cc2[nH]1. The number of hydrogen-bond donors (Lipinski definition) is 4. The molecular weight excluding hydrogens is 654 g/mol. The number of anilines is 3. The number of aromatic amines is 1. The number of hydrogen-bond acceptors (Lipinski definition) is 13. The van der Waals surface area contributed by atoms with Gasteiger partial charge in [-0.25, -0.2) is 42.5 Å². The van der Waals surface area contributed by atoms with Gasteiger partial charge in [-0.1, -0.05) is 0 Å². The second-order valence-corrected chi connectivity index (χ2v) is 8.19. The highest BCUT2D eigenvalue weighted by Crippen LogP contribution is 2.22. The lowest BCUT2D eigenvalue weighted by molar-refractivity contribution is -0.386. The zero-order valence-corrected chi connectivity index (χ0v) is 22.6. The molecule has 0 radical (unpaired) electrons. The van der Waals surface area contributed by atoms with Gasteiger partial charge in [0, 0.05) is 12.1 Å². The third kappa shape index (κ3) is 10.6. The van der Waals surface area contributed by atoms with E-state index in [1.807, 2.05) is 0 Å². The number of fused-ring (bicyclic) bond motifs is 1. The minimum absolute atomic E-state index is 0.0314. The Hall–Kier alpha value is -5.86. The molecule has 5 rings (SSSR count). The first-order valence-electron chi connectivity index (χ1n) is 10.9. The molecule has 0 aliphatic heterocycles. The van der Waals surface area contributed by atoms with E-state index in [4.69, 9.17) is 17.2 Å². The van der Waals surface area contributed by atoms with Gasteiger partial charge >= 0.3 is 11.4 Å². The summed E-state index contributed by atoms with van der Waals surface area (Å²) >= 11 is 2.81. The first-order chi connectivity index (χ1) is 20.2. The fourth-order valence-electron chi connectivity index (χ4n) is 2.50. The number of nitro groups is 2. The predicted octanol–water partition coefficient (Wildman–Crippen LogP) is 3.44. The molecule has 0 saturated carbocycles. The van der Waals surface area contributed by atoms with Gasteiger partial charge in [0.05, 0.1) is 64.2 Å². The molecule has 224 valence electrons. The second-order valence-electron chi connectivity index (χ2n) is 7.44. The number of nitrogens with one attached hydrogen (secondary N) is 1. The highest BCUT2D eigenvalue weighted by atomic mass is 79.9. The summed E-state index contributed by atoms with van der Waals surface area (Å²) in [7, 11) is 0. The van der Waals surface area contributed by atoms with Gasteiger partial charge in [0.2, 0.25) is 5.82 Å². The standard InChI is InChI=1S/C7H4FN3O.C5H2BrFN2O2.C5H4FN3O2.C5H6FN3/c8-4-1-5-7(9-2-4)10-3-6(12)11-5;6-5-4(9(10)11)1-3(7)2-8-5;6-3-1-4(9(10)11)5(7)8-2-3;6-3-1-4(7)5(8)9-2-3/h1-3H,(H,11,12);1-2H;1-2H,(H2,7,8);1-2H,7H2,(H2,8,9). The van der Waals surface area contributed by atoms with E-state index in [9.17, 15) is 42.6 Å².